The molecule has 0 heterocycles. The lowest BCUT2D eigenvalue weighted by atomic mass is 9.97. The summed E-state index contributed by atoms with van der Waals surface area (Å²) in [5.41, 5.74) is 8.15. The molecule has 1 unspecified atom stereocenters. The number of methoxy groups -OCH3 is 1. The fraction of sp³-hybridized carbons (Fsp3) is 0.200. The van der Waals surface area contributed by atoms with E-state index in [1.54, 1.807) is 19.2 Å². The molecule has 100 valence electrons. The van der Waals surface area contributed by atoms with Crippen LogP contribution in [-0.2, 0) is 0 Å². The van der Waals surface area contributed by atoms with Gasteiger partial charge in [-0.1, -0.05) is 12.1 Å². The minimum atomic E-state index is -0.629. The summed E-state index contributed by atoms with van der Waals surface area (Å²) >= 11 is 0. The van der Waals surface area contributed by atoms with Crippen molar-refractivity contribution in [3.8, 4) is 5.75 Å². The molecule has 2 aromatic rings. The molecule has 2 aromatic carbocycles. The minimum Gasteiger partial charge on any atom is -0.496 e. The SMILES string of the molecule is COc1ccc(C(N)c2cc(F)cc(F)c2)cc1C. The van der Waals surface area contributed by atoms with Crippen molar-refractivity contribution in [3.63, 3.8) is 0 Å². The van der Waals surface area contributed by atoms with Gasteiger partial charge in [0.1, 0.15) is 17.4 Å². The lowest BCUT2D eigenvalue weighted by Gasteiger charge is -2.15. The van der Waals surface area contributed by atoms with Crippen molar-refractivity contribution in [3.05, 3.63) is 64.7 Å². The zero-order valence-corrected chi connectivity index (χ0v) is 10.8. The van der Waals surface area contributed by atoms with Gasteiger partial charge in [0.2, 0.25) is 0 Å². The van der Waals surface area contributed by atoms with Crippen LogP contribution in [0.5, 0.6) is 5.75 Å². The molecule has 0 amide bonds. The van der Waals surface area contributed by atoms with Crippen LogP contribution in [0.1, 0.15) is 22.7 Å². The molecule has 0 spiro atoms. The summed E-state index contributed by atoms with van der Waals surface area (Å²) in [7, 11) is 1.59. The first-order valence-electron chi connectivity index (χ1n) is 5.87. The zero-order valence-electron chi connectivity index (χ0n) is 10.8. The summed E-state index contributed by atoms with van der Waals surface area (Å²) in [4.78, 5) is 0. The van der Waals surface area contributed by atoms with Gasteiger partial charge in [0, 0.05) is 6.07 Å². The lowest BCUT2D eigenvalue weighted by molar-refractivity contribution is 0.411. The molecule has 19 heavy (non-hydrogen) atoms. The smallest absolute Gasteiger partial charge is 0.126 e. The highest BCUT2D eigenvalue weighted by molar-refractivity contribution is 5.40. The molecule has 0 bridgehead atoms. The van der Waals surface area contributed by atoms with Gasteiger partial charge >= 0.3 is 0 Å². The van der Waals surface area contributed by atoms with Crippen LogP contribution in [0, 0.1) is 18.6 Å². The predicted molar refractivity (Wildman–Crippen MR) is 70.1 cm³/mol. The Kier molecular flexibility index (Phi) is 3.81. The van der Waals surface area contributed by atoms with Crippen LogP contribution in [0.25, 0.3) is 0 Å². The first-order chi connectivity index (χ1) is 9.01. The van der Waals surface area contributed by atoms with Gasteiger partial charge in [-0.15, -0.1) is 0 Å². The molecule has 0 radical (unpaired) electrons. The molecule has 1 atom stereocenters. The molecule has 0 aliphatic heterocycles. The average molecular weight is 263 g/mol. The number of nitrogens with two attached hydrogens (primary N) is 1. The first kappa shape index (κ1) is 13.5. The number of aryl methyl sites for hydroxylation is 1. The van der Waals surface area contributed by atoms with E-state index in [-0.39, 0.29) is 0 Å². The Hall–Kier alpha value is -1.94. The van der Waals surface area contributed by atoms with Crippen molar-refractivity contribution in [2.24, 2.45) is 5.73 Å². The van der Waals surface area contributed by atoms with Crippen LogP contribution in [0.4, 0.5) is 8.78 Å². The van der Waals surface area contributed by atoms with Gasteiger partial charge in [0.05, 0.1) is 13.2 Å². The highest BCUT2D eigenvalue weighted by Crippen LogP contribution is 2.26. The maximum absolute atomic E-state index is 13.2. The molecule has 2 rings (SSSR count). The van der Waals surface area contributed by atoms with E-state index in [0.29, 0.717) is 5.56 Å². The minimum absolute atomic E-state index is 0.405. The second kappa shape index (κ2) is 5.36. The summed E-state index contributed by atoms with van der Waals surface area (Å²) in [6, 6.07) is 8.18. The normalized spacial score (nSPS) is 12.3. The number of ether oxygens (including phenoxy) is 1. The number of benzene rings is 2. The average Bonchev–Trinajstić information content (AvgIpc) is 2.36. The number of halogens is 2. The Bertz CT molecular complexity index is 578. The van der Waals surface area contributed by atoms with Crippen molar-refractivity contribution in [2.75, 3.05) is 7.11 Å². The molecule has 0 aromatic heterocycles. The van der Waals surface area contributed by atoms with E-state index in [1.165, 1.54) is 12.1 Å². The summed E-state index contributed by atoms with van der Waals surface area (Å²) in [5.74, 6) is -0.507. The molecule has 2 nitrogen and oxygen atoms in total. The molecule has 2 N–H and O–H groups in total. The van der Waals surface area contributed by atoms with Gasteiger partial charge in [-0.2, -0.15) is 0 Å². The van der Waals surface area contributed by atoms with E-state index in [1.807, 2.05) is 13.0 Å². The topological polar surface area (TPSA) is 35.2 Å². The summed E-state index contributed by atoms with van der Waals surface area (Å²) in [5, 5.41) is 0. The first-order valence-corrected chi connectivity index (χ1v) is 5.87. The van der Waals surface area contributed by atoms with Crippen molar-refractivity contribution in [2.45, 2.75) is 13.0 Å². The Morgan fingerprint density at radius 2 is 1.63 bits per heavy atom. The maximum Gasteiger partial charge on any atom is 0.126 e. The maximum atomic E-state index is 13.2. The third kappa shape index (κ3) is 2.90. The fourth-order valence-electron chi connectivity index (χ4n) is 2.04. The highest BCUT2D eigenvalue weighted by Gasteiger charge is 2.12. The Morgan fingerprint density at radius 3 is 2.16 bits per heavy atom. The van der Waals surface area contributed by atoms with Crippen molar-refractivity contribution in [1.82, 2.24) is 0 Å². The monoisotopic (exact) mass is 263 g/mol. The van der Waals surface area contributed by atoms with Crippen LogP contribution >= 0.6 is 0 Å². The Labute approximate surface area is 110 Å². The van der Waals surface area contributed by atoms with Crippen molar-refractivity contribution < 1.29 is 13.5 Å². The van der Waals surface area contributed by atoms with Crippen LogP contribution in [0.3, 0.4) is 0 Å². The highest BCUT2D eigenvalue weighted by atomic mass is 19.1. The molecule has 0 aliphatic rings. The molecule has 0 saturated carbocycles. The lowest BCUT2D eigenvalue weighted by Crippen LogP contribution is -2.12. The van der Waals surface area contributed by atoms with Crippen LogP contribution in [0.2, 0.25) is 0 Å². The van der Waals surface area contributed by atoms with Gasteiger partial charge in [0.25, 0.3) is 0 Å². The van der Waals surface area contributed by atoms with E-state index in [4.69, 9.17) is 10.5 Å². The van der Waals surface area contributed by atoms with Gasteiger partial charge < -0.3 is 10.5 Å². The quantitative estimate of drug-likeness (QED) is 0.921. The standard InChI is InChI=1S/C15H15F2NO/c1-9-5-10(3-4-14(9)19-2)15(18)11-6-12(16)8-13(17)7-11/h3-8,15H,18H2,1-2H3. The van der Waals surface area contributed by atoms with Crippen LogP contribution in [0.15, 0.2) is 36.4 Å². The molecule has 4 heteroatoms. The molecule has 0 fully saturated rings. The van der Waals surface area contributed by atoms with E-state index in [0.717, 1.165) is 22.9 Å². The van der Waals surface area contributed by atoms with Gasteiger partial charge in [-0.3, -0.25) is 0 Å². The van der Waals surface area contributed by atoms with Gasteiger partial charge in [0.15, 0.2) is 0 Å². The summed E-state index contributed by atoms with van der Waals surface area (Å²) in [6.07, 6.45) is 0. The second-order valence-electron chi connectivity index (χ2n) is 4.41. The molecule has 0 aliphatic carbocycles. The largest absolute Gasteiger partial charge is 0.496 e. The third-order valence-corrected chi connectivity index (χ3v) is 3.02. The van der Waals surface area contributed by atoms with Gasteiger partial charge in [-0.25, -0.2) is 8.78 Å². The third-order valence-electron chi connectivity index (χ3n) is 3.02. The number of hydrogen-bond acceptors (Lipinski definition) is 2. The van der Waals surface area contributed by atoms with E-state index in [2.05, 4.69) is 0 Å². The summed E-state index contributed by atoms with van der Waals surface area (Å²) < 4.78 is 31.5. The summed E-state index contributed by atoms with van der Waals surface area (Å²) in [6.45, 7) is 1.89. The molecular formula is C15H15F2NO. The molecular weight excluding hydrogens is 248 g/mol. The van der Waals surface area contributed by atoms with E-state index >= 15 is 0 Å². The zero-order chi connectivity index (χ0) is 14.0. The fourth-order valence-corrected chi connectivity index (χ4v) is 2.04. The van der Waals surface area contributed by atoms with Crippen LogP contribution in [-0.4, -0.2) is 7.11 Å². The van der Waals surface area contributed by atoms with E-state index < -0.39 is 17.7 Å². The van der Waals surface area contributed by atoms with E-state index in [9.17, 15) is 8.78 Å². The molecule has 0 saturated heterocycles. The van der Waals surface area contributed by atoms with Crippen molar-refractivity contribution in [1.29, 1.82) is 0 Å². The predicted octanol–water partition coefficient (Wildman–Crippen LogP) is 3.33. The van der Waals surface area contributed by atoms with Crippen molar-refractivity contribution >= 4 is 0 Å². The Balaban J connectivity index is 2.38. The number of hydrogen-bond donors (Lipinski definition) is 1. The Morgan fingerprint density at radius 1 is 1.00 bits per heavy atom. The van der Waals surface area contributed by atoms with Crippen LogP contribution < -0.4 is 10.5 Å². The number of rotatable bonds is 3. The van der Waals surface area contributed by atoms with Gasteiger partial charge in [-0.05, 0) is 41.8 Å². The second-order valence-corrected chi connectivity index (χ2v) is 4.41.